The number of carbonyl (C=O) groups excluding carboxylic acids is 2. The maximum absolute atomic E-state index is 13.3. The van der Waals surface area contributed by atoms with E-state index in [9.17, 15) is 22.4 Å². The molecule has 0 aliphatic carbocycles. The summed E-state index contributed by atoms with van der Waals surface area (Å²) in [5.41, 5.74) is 2.25. The highest BCUT2D eigenvalue weighted by atomic mass is 32.3. The number of amides is 2. The molecule has 9 nitrogen and oxygen atoms in total. The number of fused-ring (bicyclic) bond motifs is 4. The molecule has 0 saturated carbocycles. The summed E-state index contributed by atoms with van der Waals surface area (Å²) in [6, 6.07) is 7.88. The Morgan fingerprint density at radius 2 is 1.83 bits per heavy atom. The molecule has 0 unspecified atom stereocenters. The molecule has 2 atom stereocenters. The molecule has 0 radical (unpaired) electrons. The van der Waals surface area contributed by atoms with Crippen molar-refractivity contribution in [3.8, 4) is 11.1 Å². The second-order valence-electron chi connectivity index (χ2n) is 6.78. The monoisotopic (exact) mass is 436 g/mol. The van der Waals surface area contributed by atoms with Crippen molar-refractivity contribution in [1.82, 2.24) is 9.96 Å². The molecular weight excluding hydrogens is 419 g/mol. The van der Waals surface area contributed by atoms with Gasteiger partial charge in [-0.1, -0.05) is 24.3 Å². The Hall–Kier alpha value is -3.02. The zero-order valence-corrected chi connectivity index (χ0v) is 16.5. The standard InChI is InChI=1S/C19H17FN2O7S/c1-2-28-18(23)17-14-8-5-12(11-3-6-13(20)7-4-11)9-15(14)16-10-21(17)19(24)22(16)29-30(25,26)27/h3-9,16-17H,2,10H2,1H3,(H,25,26,27)/t16-,17+/m0/s1. The van der Waals surface area contributed by atoms with Crippen molar-refractivity contribution >= 4 is 22.4 Å². The van der Waals surface area contributed by atoms with E-state index in [-0.39, 0.29) is 13.2 Å². The van der Waals surface area contributed by atoms with E-state index < -0.39 is 40.3 Å². The fourth-order valence-electron chi connectivity index (χ4n) is 3.80. The summed E-state index contributed by atoms with van der Waals surface area (Å²) in [5.74, 6) is -1.07. The van der Waals surface area contributed by atoms with Crippen LogP contribution in [0.25, 0.3) is 11.1 Å². The summed E-state index contributed by atoms with van der Waals surface area (Å²) >= 11 is 0. The molecule has 1 saturated heterocycles. The number of ether oxygens (including phenoxy) is 1. The van der Waals surface area contributed by atoms with Crippen LogP contribution in [0.4, 0.5) is 9.18 Å². The van der Waals surface area contributed by atoms with E-state index in [1.165, 1.54) is 12.1 Å². The minimum Gasteiger partial charge on any atom is -0.464 e. The zero-order valence-electron chi connectivity index (χ0n) is 15.7. The van der Waals surface area contributed by atoms with E-state index >= 15 is 0 Å². The molecule has 0 aromatic heterocycles. The second-order valence-corrected chi connectivity index (χ2v) is 7.79. The van der Waals surface area contributed by atoms with Gasteiger partial charge in [-0.15, -0.1) is 4.28 Å². The number of hydrogen-bond acceptors (Lipinski definition) is 6. The van der Waals surface area contributed by atoms with Crippen molar-refractivity contribution < 1.29 is 36.0 Å². The number of carbonyl (C=O) groups is 2. The van der Waals surface area contributed by atoms with Gasteiger partial charge in [0.1, 0.15) is 11.9 Å². The molecule has 2 aromatic rings. The third-order valence-electron chi connectivity index (χ3n) is 5.00. The summed E-state index contributed by atoms with van der Waals surface area (Å²) in [7, 11) is -4.98. The van der Waals surface area contributed by atoms with Crippen LogP contribution in [0, 0.1) is 5.82 Å². The van der Waals surface area contributed by atoms with Crippen LogP contribution in [0.5, 0.6) is 0 Å². The predicted octanol–water partition coefficient (Wildman–Crippen LogP) is 2.62. The zero-order chi connectivity index (χ0) is 21.6. The van der Waals surface area contributed by atoms with Crippen LogP contribution >= 0.6 is 0 Å². The average Bonchev–Trinajstić information content (AvgIpc) is 2.94. The normalized spacial score (nSPS) is 20.3. The summed E-state index contributed by atoms with van der Waals surface area (Å²) in [4.78, 5) is 26.5. The summed E-state index contributed by atoms with van der Waals surface area (Å²) in [5, 5.41) is 0.530. The number of rotatable bonds is 5. The first-order valence-corrected chi connectivity index (χ1v) is 10.4. The highest BCUT2D eigenvalue weighted by molar-refractivity contribution is 7.80. The van der Waals surface area contributed by atoms with E-state index in [2.05, 4.69) is 4.28 Å². The molecule has 4 rings (SSSR count). The van der Waals surface area contributed by atoms with Crippen LogP contribution in [-0.2, 0) is 24.2 Å². The Kier molecular flexibility index (Phi) is 4.96. The van der Waals surface area contributed by atoms with Crippen molar-refractivity contribution in [3.05, 3.63) is 59.4 Å². The van der Waals surface area contributed by atoms with Crippen molar-refractivity contribution in [2.45, 2.75) is 19.0 Å². The van der Waals surface area contributed by atoms with Crippen molar-refractivity contribution in [2.24, 2.45) is 0 Å². The Morgan fingerprint density at radius 1 is 1.17 bits per heavy atom. The fourth-order valence-corrected chi connectivity index (χ4v) is 4.17. The first-order valence-electron chi connectivity index (χ1n) is 9.03. The molecule has 158 valence electrons. The lowest BCUT2D eigenvalue weighted by atomic mass is 9.88. The third kappa shape index (κ3) is 3.51. The lowest BCUT2D eigenvalue weighted by Crippen LogP contribution is -2.39. The molecule has 2 aromatic carbocycles. The topological polar surface area (TPSA) is 113 Å². The summed E-state index contributed by atoms with van der Waals surface area (Å²) < 4.78 is 54.5. The van der Waals surface area contributed by atoms with Crippen LogP contribution in [0.15, 0.2) is 42.5 Å². The average molecular weight is 436 g/mol. The van der Waals surface area contributed by atoms with Crippen LogP contribution in [0.3, 0.4) is 0 Å². The van der Waals surface area contributed by atoms with Gasteiger partial charge in [0.15, 0.2) is 6.04 Å². The number of hydroxylamine groups is 2. The highest BCUT2D eigenvalue weighted by Gasteiger charge is 2.52. The third-order valence-corrected chi connectivity index (χ3v) is 5.35. The molecule has 1 fully saturated rings. The second kappa shape index (κ2) is 7.35. The smallest absolute Gasteiger partial charge is 0.418 e. The van der Waals surface area contributed by atoms with Gasteiger partial charge < -0.3 is 9.64 Å². The molecule has 2 heterocycles. The lowest BCUT2D eigenvalue weighted by Gasteiger charge is -2.31. The van der Waals surface area contributed by atoms with Crippen LogP contribution in [0.1, 0.15) is 30.1 Å². The van der Waals surface area contributed by atoms with Gasteiger partial charge in [-0.3, -0.25) is 4.55 Å². The predicted molar refractivity (Wildman–Crippen MR) is 101 cm³/mol. The van der Waals surface area contributed by atoms with Gasteiger partial charge in [0.2, 0.25) is 0 Å². The number of nitrogens with zero attached hydrogens (tertiary/aromatic N) is 2. The molecule has 2 bridgehead atoms. The van der Waals surface area contributed by atoms with Gasteiger partial charge in [0, 0.05) is 0 Å². The van der Waals surface area contributed by atoms with Gasteiger partial charge >= 0.3 is 22.4 Å². The van der Waals surface area contributed by atoms with Crippen LogP contribution < -0.4 is 0 Å². The number of benzene rings is 2. The van der Waals surface area contributed by atoms with E-state index in [1.54, 1.807) is 37.3 Å². The van der Waals surface area contributed by atoms with Crippen molar-refractivity contribution in [1.29, 1.82) is 0 Å². The molecule has 1 N–H and O–H groups in total. The van der Waals surface area contributed by atoms with Crippen LogP contribution in [0.2, 0.25) is 0 Å². The molecule has 11 heteroatoms. The minimum absolute atomic E-state index is 0.0439. The van der Waals surface area contributed by atoms with Gasteiger partial charge in [-0.25, -0.2) is 14.0 Å². The van der Waals surface area contributed by atoms with Gasteiger partial charge in [-0.05, 0) is 47.4 Å². The van der Waals surface area contributed by atoms with E-state index in [0.29, 0.717) is 27.3 Å². The molecule has 30 heavy (non-hydrogen) atoms. The molecule has 2 aliphatic heterocycles. The number of urea groups is 1. The summed E-state index contributed by atoms with van der Waals surface area (Å²) in [6.45, 7) is 1.67. The number of esters is 1. The van der Waals surface area contributed by atoms with Crippen LogP contribution in [-0.4, -0.2) is 48.1 Å². The first kappa shape index (κ1) is 20.3. The first-order chi connectivity index (χ1) is 14.2. The van der Waals surface area contributed by atoms with Gasteiger partial charge in [0.05, 0.1) is 13.2 Å². The Morgan fingerprint density at radius 3 is 2.47 bits per heavy atom. The summed E-state index contributed by atoms with van der Waals surface area (Å²) in [6.07, 6.45) is 0. The quantitative estimate of drug-likeness (QED) is 0.566. The number of halogens is 1. The maximum atomic E-state index is 13.3. The highest BCUT2D eigenvalue weighted by Crippen LogP contribution is 2.45. The van der Waals surface area contributed by atoms with Gasteiger partial charge in [-0.2, -0.15) is 13.5 Å². The Balaban J connectivity index is 1.83. The van der Waals surface area contributed by atoms with Crippen molar-refractivity contribution in [3.63, 3.8) is 0 Å². The van der Waals surface area contributed by atoms with E-state index in [4.69, 9.17) is 9.29 Å². The lowest BCUT2D eigenvalue weighted by molar-refractivity contribution is -0.148. The largest absolute Gasteiger partial charge is 0.464 e. The molecule has 2 aliphatic rings. The number of hydrogen-bond donors (Lipinski definition) is 1. The van der Waals surface area contributed by atoms with Gasteiger partial charge in [0.25, 0.3) is 0 Å². The Bertz CT molecular complexity index is 1120. The Labute approximate surface area is 171 Å². The SMILES string of the molecule is CCOC(=O)[C@H]1c2ccc(-c3ccc(F)cc3)cc2[C@@H]2CN1C(=O)N2OS(=O)(=O)O. The molecule has 2 amide bonds. The maximum Gasteiger partial charge on any atom is 0.418 e. The molecular formula is C19H17FN2O7S. The van der Waals surface area contributed by atoms with Crippen molar-refractivity contribution in [2.75, 3.05) is 13.2 Å². The van der Waals surface area contributed by atoms with E-state index in [1.807, 2.05) is 0 Å². The van der Waals surface area contributed by atoms with E-state index in [0.717, 1.165) is 4.90 Å². The fraction of sp³-hybridized carbons (Fsp3) is 0.263. The minimum atomic E-state index is -4.98. The molecule has 0 spiro atoms.